The molecule has 0 aliphatic carbocycles. The number of benzene rings is 1. The summed E-state index contributed by atoms with van der Waals surface area (Å²) in [4.78, 5) is 12.4. The molecule has 8 nitrogen and oxygen atoms in total. The molecule has 1 aliphatic heterocycles. The van der Waals surface area contributed by atoms with Crippen molar-refractivity contribution in [2.75, 3.05) is 13.1 Å². The van der Waals surface area contributed by atoms with Crippen molar-refractivity contribution in [1.29, 1.82) is 0 Å². The standard InChI is InChI=1S/C21H23N5O3S/c1-13-3-5-16(6-4-13)30(28,29)25-10-8-15(12-25)26-19-17-7-9-22-20(17)23-11-18(19)24-21(26)14(2)27/h3-7,9,11,14-15,27H,8,10,12H2,1-2H3,(H,22,23)/t14-,15?/m1/s1. The maximum Gasteiger partial charge on any atom is 0.243 e. The molecule has 0 saturated carbocycles. The smallest absolute Gasteiger partial charge is 0.243 e. The van der Waals surface area contributed by atoms with E-state index in [4.69, 9.17) is 0 Å². The Bertz CT molecular complexity index is 1340. The van der Waals surface area contributed by atoms with Crippen molar-refractivity contribution in [2.24, 2.45) is 0 Å². The summed E-state index contributed by atoms with van der Waals surface area (Å²) in [6.07, 6.45) is 3.37. The molecule has 2 atom stereocenters. The van der Waals surface area contributed by atoms with Gasteiger partial charge in [-0.05, 0) is 38.5 Å². The van der Waals surface area contributed by atoms with Gasteiger partial charge in [-0.3, -0.25) is 0 Å². The van der Waals surface area contributed by atoms with Crippen molar-refractivity contribution in [3.8, 4) is 0 Å². The van der Waals surface area contributed by atoms with Crippen LogP contribution in [0, 0.1) is 6.92 Å². The fraction of sp³-hybridized carbons (Fsp3) is 0.333. The molecule has 9 heteroatoms. The summed E-state index contributed by atoms with van der Waals surface area (Å²) in [6.45, 7) is 4.35. The van der Waals surface area contributed by atoms with Crippen LogP contribution in [0.2, 0.25) is 0 Å². The number of sulfonamides is 1. The van der Waals surface area contributed by atoms with Crippen molar-refractivity contribution in [3.63, 3.8) is 0 Å². The van der Waals surface area contributed by atoms with E-state index < -0.39 is 16.1 Å². The molecule has 1 fully saturated rings. The molecule has 0 bridgehead atoms. The Balaban J connectivity index is 1.58. The Morgan fingerprint density at radius 3 is 2.73 bits per heavy atom. The second-order valence-corrected chi connectivity index (χ2v) is 9.80. The molecule has 156 valence electrons. The SMILES string of the molecule is Cc1ccc(S(=O)(=O)N2CCC(n3c([C@@H](C)O)nc4cnc5[nH]ccc5c43)C2)cc1. The number of hydrogen-bond acceptors (Lipinski definition) is 5. The van der Waals surface area contributed by atoms with Crippen molar-refractivity contribution >= 4 is 32.1 Å². The van der Waals surface area contributed by atoms with Crippen LogP contribution < -0.4 is 0 Å². The van der Waals surface area contributed by atoms with E-state index >= 15 is 0 Å². The van der Waals surface area contributed by atoms with Gasteiger partial charge in [0.2, 0.25) is 10.0 Å². The molecule has 30 heavy (non-hydrogen) atoms. The van der Waals surface area contributed by atoms with E-state index in [1.54, 1.807) is 25.3 Å². The Hall–Kier alpha value is -2.75. The first-order chi connectivity index (χ1) is 14.4. The van der Waals surface area contributed by atoms with Gasteiger partial charge in [-0.2, -0.15) is 4.31 Å². The Morgan fingerprint density at radius 2 is 2.00 bits per heavy atom. The summed E-state index contributed by atoms with van der Waals surface area (Å²) >= 11 is 0. The van der Waals surface area contributed by atoms with E-state index in [0.29, 0.717) is 35.7 Å². The number of hydrogen-bond donors (Lipinski definition) is 2. The summed E-state index contributed by atoms with van der Waals surface area (Å²) in [6, 6.07) is 8.74. The van der Waals surface area contributed by atoms with Gasteiger partial charge < -0.3 is 14.7 Å². The lowest BCUT2D eigenvalue weighted by Crippen LogP contribution is -2.29. The predicted molar refractivity (Wildman–Crippen MR) is 114 cm³/mol. The van der Waals surface area contributed by atoms with Gasteiger partial charge in [0.15, 0.2) is 0 Å². The number of rotatable bonds is 4. The molecule has 0 amide bonds. The van der Waals surface area contributed by atoms with E-state index in [1.807, 2.05) is 35.9 Å². The average Bonchev–Trinajstić information content (AvgIpc) is 3.44. The third-order valence-electron chi connectivity index (χ3n) is 5.79. The first kappa shape index (κ1) is 19.2. The largest absolute Gasteiger partial charge is 0.385 e. The number of aryl methyl sites for hydroxylation is 1. The summed E-state index contributed by atoms with van der Waals surface area (Å²) in [7, 11) is -3.58. The summed E-state index contributed by atoms with van der Waals surface area (Å²) in [5, 5.41) is 11.3. The molecule has 4 aromatic rings. The minimum atomic E-state index is -3.58. The fourth-order valence-corrected chi connectivity index (χ4v) is 5.77. The minimum absolute atomic E-state index is 0.125. The quantitative estimate of drug-likeness (QED) is 0.523. The first-order valence-electron chi connectivity index (χ1n) is 9.95. The molecule has 4 heterocycles. The van der Waals surface area contributed by atoms with Crippen molar-refractivity contribution < 1.29 is 13.5 Å². The molecular formula is C21H23N5O3S. The second kappa shape index (κ2) is 6.90. The Labute approximate surface area is 174 Å². The van der Waals surface area contributed by atoms with Crippen molar-refractivity contribution in [2.45, 2.75) is 37.3 Å². The lowest BCUT2D eigenvalue weighted by atomic mass is 10.2. The third kappa shape index (κ3) is 2.92. The molecule has 3 aromatic heterocycles. The normalized spacial score (nSPS) is 19.1. The van der Waals surface area contributed by atoms with Crippen molar-refractivity contribution in [1.82, 2.24) is 23.8 Å². The number of aromatic nitrogens is 4. The molecule has 1 aromatic carbocycles. The Kier molecular flexibility index (Phi) is 4.42. The lowest BCUT2D eigenvalue weighted by molar-refractivity contribution is 0.182. The van der Waals surface area contributed by atoms with Gasteiger partial charge in [-0.15, -0.1) is 0 Å². The van der Waals surface area contributed by atoms with Crippen LogP contribution in [0.5, 0.6) is 0 Å². The van der Waals surface area contributed by atoms with Crippen LogP contribution in [0.15, 0.2) is 47.6 Å². The van der Waals surface area contributed by atoms with Crippen LogP contribution in [0.1, 0.15) is 36.9 Å². The first-order valence-corrected chi connectivity index (χ1v) is 11.4. The highest BCUT2D eigenvalue weighted by Crippen LogP contribution is 2.35. The number of aliphatic hydroxyl groups excluding tert-OH is 1. The highest BCUT2D eigenvalue weighted by molar-refractivity contribution is 7.89. The second-order valence-electron chi connectivity index (χ2n) is 7.87. The number of aliphatic hydroxyl groups is 1. The summed E-state index contributed by atoms with van der Waals surface area (Å²) in [5.74, 6) is 0.528. The molecule has 1 unspecified atom stereocenters. The fourth-order valence-electron chi connectivity index (χ4n) is 4.27. The van der Waals surface area contributed by atoms with E-state index in [-0.39, 0.29) is 6.04 Å². The minimum Gasteiger partial charge on any atom is -0.385 e. The van der Waals surface area contributed by atoms with Crippen LogP contribution >= 0.6 is 0 Å². The van der Waals surface area contributed by atoms with E-state index in [2.05, 4.69) is 15.0 Å². The summed E-state index contributed by atoms with van der Waals surface area (Å²) < 4.78 is 29.8. The molecule has 0 spiro atoms. The maximum atomic E-state index is 13.2. The van der Waals surface area contributed by atoms with E-state index in [1.165, 1.54) is 4.31 Å². The number of aromatic amines is 1. The topological polar surface area (TPSA) is 104 Å². The lowest BCUT2D eigenvalue weighted by Gasteiger charge is -2.20. The zero-order valence-electron chi connectivity index (χ0n) is 16.8. The van der Waals surface area contributed by atoms with E-state index in [0.717, 1.165) is 22.1 Å². The molecule has 0 radical (unpaired) electrons. The van der Waals surface area contributed by atoms with Crippen LogP contribution in [-0.4, -0.2) is 50.4 Å². The van der Waals surface area contributed by atoms with Crippen LogP contribution in [0.25, 0.3) is 22.1 Å². The molecule has 1 aliphatic rings. The van der Waals surface area contributed by atoms with Gasteiger partial charge in [0.05, 0.1) is 22.7 Å². The Morgan fingerprint density at radius 1 is 1.23 bits per heavy atom. The van der Waals surface area contributed by atoms with Gasteiger partial charge in [-0.1, -0.05) is 17.7 Å². The highest BCUT2D eigenvalue weighted by Gasteiger charge is 2.35. The molecule has 5 rings (SSSR count). The number of nitrogens with zero attached hydrogens (tertiary/aromatic N) is 4. The summed E-state index contributed by atoms with van der Waals surface area (Å²) in [5.41, 5.74) is 3.32. The number of fused-ring (bicyclic) bond motifs is 3. The highest BCUT2D eigenvalue weighted by atomic mass is 32.2. The zero-order chi connectivity index (χ0) is 21.0. The van der Waals surface area contributed by atoms with Gasteiger partial charge in [-0.25, -0.2) is 18.4 Å². The van der Waals surface area contributed by atoms with Crippen LogP contribution in [0.3, 0.4) is 0 Å². The van der Waals surface area contributed by atoms with Gasteiger partial charge in [0.1, 0.15) is 23.1 Å². The third-order valence-corrected chi connectivity index (χ3v) is 7.66. The predicted octanol–water partition coefficient (Wildman–Crippen LogP) is 2.91. The number of H-pyrrole nitrogens is 1. The van der Waals surface area contributed by atoms with Gasteiger partial charge >= 0.3 is 0 Å². The monoisotopic (exact) mass is 425 g/mol. The van der Waals surface area contributed by atoms with Crippen LogP contribution in [0.4, 0.5) is 0 Å². The molecule has 2 N–H and O–H groups in total. The molecule has 1 saturated heterocycles. The van der Waals surface area contributed by atoms with Gasteiger partial charge in [0, 0.05) is 24.7 Å². The molecular weight excluding hydrogens is 402 g/mol. The van der Waals surface area contributed by atoms with E-state index in [9.17, 15) is 13.5 Å². The maximum absolute atomic E-state index is 13.2. The zero-order valence-corrected chi connectivity index (χ0v) is 17.6. The van der Waals surface area contributed by atoms with Crippen LogP contribution in [-0.2, 0) is 10.0 Å². The van der Waals surface area contributed by atoms with Crippen molar-refractivity contribution in [3.05, 3.63) is 54.1 Å². The number of nitrogens with one attached hydrogen (secondary N) is 1. The van der Waals surface area contributed by atoms with Gasteiger partial charge in [0.25, 0.3) is 0 Å². The average molecular weight is 426 g/mol. The number of pyridine rings is 1. The number of imidazole rings is 1.